The quantitative estimate of drug-likeness (QED) is 0.537. The third-order valence-electron chi connectivity index (χ3n) is 1.68. The predicted molar refractivity (Wildman–Crippen MR) is 49.8 cm³/mol. The van der Waals surface area contributed by atoms with E-state index in [4.69, 9.17) is 5.73 Å². The summed E-state index contributed by atoms with van der Waals surface area (Å²) in [5.41, 5.74) is 5.97. The van der Waals surface area contributed by atoms with Crippen LogP contribution in [0.5, 0.6) is 5.75 Å². The number of carbonyl (C=O) groups excluding carboxylic acids is 1. The molecule has 0 saturated heterocycles. The summed E-state index contributed by atoms with van der Waals surface area (Å²) >= 11 is 0. The van der Waals surface area contributed by atoms with E-state index in [0.29, 0.717) is 0 Å². The van der Waals surface area contributed by atoms with Crippen molar-refractivity contribution >= 4 is 5.97 Å². The van der Waals surface area contributed by atoms with E-state index >= 15 is 0 Å². The van der Waals surface area contributed by atoms with Crippen LogP contribution in [0, 0.1) is 0 Å². The van der Waals surface area contributed by atoms with Crippen LogP contribution in [0.1, 0.15) is 5.56 Å². The Morgan fingerprint density at radius 1 is 1.18 bits per heavy atom. The van der Waals surface area contributed by atoms with Gasteiger partial charge in [-0.2, -0.15) is 0 Å². The molecule has 1 aromatic rings. The molecule has 0 bridgehead atoms. The normalized spacial score (nSPS) is 9.47. The zero-order chi connectivity index (χ0) is 9.84. The number of carbonyl (C=O) groups is 1. The molecule has 0 aliphatic heterocycles. The van der Waals surface area contributed by atoms with Crippen molar-refractivity contribution < 1.29 is 85.1 Å². The number of aliphatic carboxylic acids is 1. The molecule has 6 nitrogen and oxygen atoms in total. The first kappa shape index (κ1) is 26.0. The third-order valence-corrected chi connectivity index (χ3v) is 1.68. The van der Waals surface area contributed by atoms with E-state index in [1.54, 1.807) is 12.1 Å². The maximum Gasteiger partial charge on any atom is 1.00 e. The summed E-state index contributed by atoms with van der Waals surface area (Å²) in [4.78, 5) is 10.3. The van der Waals surface area contributed by atoms with Crippen molar-refractivity contribution in [3.8, 4) is 5.75 Å². The fraction of sp³-hybridized carbons (Fsp3) is 0.222. The maximum atomic E-state index is 10.7. The second-order valence-electron chi connectivity index (χ2n) is 2.77. The van der Waals surface area contributed by atoms with Crippen molar-refractivity contribution in [2.45, 2.75) is 12.5 Å². The van der Waals surface area contributed by atoms with Crippen LogP contribution < -0.4 is 75.1 Å². The minimum Gasteiger partial charge on any atom is -0.872 e. The summed E-state index contributed by atoms with van der Waals surface area (Å²) in [6.07, 6.45) is 0.183. The molecule has 0 fully saturated rings. The zero-order valence-electron chi connectivity index (χ0n) is 9.90. The molecule has 8 heteroatoms. The van der Waals surface area contributed by atoms with Gasteiger partial charge in [0, 0.05) is 6.04 Å². The Labute approximate surface area is 143 Å². The Balaban J connectivity index is -0.000000211. The third kappa shape index (κ3) is 10.0. The number of hydrogen-bond acceptors (Lipinski definition) is 4. The van der Waals surface area contributed by atoms with Crippen molar-refractivity contribution in [2.75, 3.05) is 0 Å². The molecule has 1 aromatic carbocycles. The van der Waals surface area contributed by atoms with E-state index in [9.17, 15) is 15.0 Å². The van der Waals surface area contributed by atoms with Gasteiger partial charge in [0.1, 0.15) is 0 Å². The molecule has 0 radical (unpaired) electrons. The molecule has 17 heavy (non-hydrogen) atoms. The van der Waals surface area contributed by atoms with Crippen LogP contribution in [0.25, 0.3) is 0 Å². The number of hydrogen-bond donors (Lipinski definition) is 1. The fourth-order valence-corrected chi connectivity index (χ4v) is 0.963. The van der Waals surface area contributed by atoms with Crippen LogP contribution in [-0.2, 0) is 11.2 Å². The van der Waals surface area contributed by atoms with Crippen LogP contribution in [-0.4, -0.2) is 23.0 Å². The van der Waals surface area contributed by atoms with E-state index < -0.39 is 12.0 Å². The minimum atomic E-state index is -1.29. The predicted octanol–water partition coefficient (Wildman–Crippen LogP) is -9.26. The molecule has 86 valence electrons. The van der Waals surface area contributed by atoms with Gasteiger partial charge in [0.2, 0.25) is 0 Å². The van der Waals surface area contributed by atoms with Crippen LogP contribution in [0.15, 0.2) is 24.3 Å². The Morgan fingerprint density at radius 2 is 1.59 bits per heavy atom. The van der Waals surface area contributed by atoms with Crippen LogP contribution in [0.2, 0.25) is 0 Å². The minimum absolute atomic E-state index is 0. The van der Waals surface area contributed by atoms with Gasteiger partial charge < -0.3 is 31.7 Å². The average molecular weight is 261 g/mol. The van der Waals surface area contributed by atoms with Crippen LogP contribution >= 0.6 is 0 Å². The Bertz CT molecular complexity index is 307. The van der Waals surface area contributed by atoms with Crippen molar-refractivity contribution in [1.29, 1.82) is 0 Å². The first-order chi connectivity index (χ1) is 6.09. The Hall–Kier alpha value is 0.370. The summed E-state index contributed by atoms with van der Waals surface area (Å²) in [5, 5.41) is 21.0. The molecule has 0 saturated carbocycles. The molecule has 0 unspecified atom stereocenters. The summed E-state index contributed by atoms with van der Waals surface area (Å²) in [6, 6.07) is 4.85. The molecule has 0 spiro atoms. The SMILES string of the molecule is N[C@H](Cc1ccc([O-])cc1)C(=O)[O-].O.O.[Na+].[Na+]. The first-order valence-electron chi connectivity index (χ1n) is 3.82. The van der Waals surface area contributed by atoms with Crippen molar-refractivity contribution in [3.63, 3.8) is 0 Å². The molecule has 1 rings (SSSR count). The Kier molecular flexibility index (Phi) is 19.6. The monoisotopic (exact) mass is 261 g/mol. The van der Waals surface area contributed by atoms with E-state index in [2.05, 4.69) is 0 Å². The maximum absolute atomic E-state index is 10.7. The molecule has 0 amide bonds. The summed E-state index contributed by atoms with van der Waals surface area (Å²) in [5.74, 6) is -1.39. The van der Waals surface area contributed by atoms with Crippen LogP contribution in [0.4, 0.5) is 0 Å². The molecule has 0 aromatic heterocycles. The first-order valence-corrected chi connectivity index (χ1v) is 3.82. The number of benzene rings is 1. The van der Waals surface area contributed by atoms with E-state index in [0.717, 1.165) is 5.56 Å². The number of rotatable bonds is 3. The molecule has 0 aliphatic carbocycles. The Morgan fingerprint density at radius 3 is 1.94 bits per heavy atom. The molecule has 0 aliphatic rings. The van der Waals surface area contributed by atoms with Gasteiger partial charge in [-0.25, -0.2) is 0 Å². The van der Waals surface area contributed by atoms with Gasteiger partial charge in [-0.15, -0.1) is 5.75 Å². The molecular formula is C9H13NNa2O5. The summed E-state index contributed by atoms with van der Waals surface area (Å²) < 4.78 is 0. The van der Waals surface area contributed by atoms with Crippen molar-refractivity contribution in [1.82, 2.24) is 0 Å². The van der Waals surface area contributed by atoms with E-state index in [-0.39, 0.29) is 82.2 Å². The molecule has 6 N–H and O–H groups in total. The van der Waals surface area contributed by atoms with Gasteiger partial charge in [-0.1, -0.05) is 24.3 Å². The fourth-order valence-electron chi connectivity index (χ4n) is 0.963. The second-order valence-corrected chi connectivity index (χ2v) is 2.77. The van der Waals surface area contributed by atoms with Crippen LogP contribution in [0.3, 0.4) is 0 Å². The van der Waals surface area contributed by atoms with Gasteiger partial charge >= 0.3 is 59.1 Å². The second kappa shape index (κ2) is 12.8. The van der Waals surface area contributed by atoms with Gasteiger partial charge in [0.25, 0.3) is 0 Å². The van der Waals surface area contributed by atoms with Crippen molar-refractivity contribution in [2.24, 2.45) is 5.73 Å². The smallest absolute Gasteiger partial charge is 0.872 e. The number of nitrogens with two attached hydrogens (primary N) is 1. The molecular weight excluding hydrogens is 248 g/mol. The number of carboxylic acids is 1. The van der Waals surface area contributed by atoms with Gasteiger partial charge in [0.05, 0.1) is 5.97 Å². The average Bonchev–Trinajstić information content (AvgIpc) is 2.08. The van der Waals surface area contributed by atoms with Gasteiger partial charge in [-0.3, -0.25) is 0 Å². The largest absolute Gasteiger partial charge is 1.00 e. The number of carboxylic acid groups (broad SMARTS) is 1. The summed E-state index contributed by atoms with van der Waals surface area (Å²) in [7, 11) is 0. The van der Waals surface area contributed by atoms with Crippen molar-refractivity contribution in [3.05, 3.63) is 29.8 Å². The topological polar surface area (TPSA) is 152 Å². The molecule has 1 atom stereocenters. The van der Waals surface area contributed by atoms with Gasteiger partial charge in [0.15, 0.2) is 0 Å². The van der Waals surface area contributed by atoms with E-state index in [1.807, 2.05) is 0 Å². The summed E-state index contributed by atoms with van der Waals surface area (Å²) in [6.45, 7) is 0. The standard InChI is InChI=1S/C9H11NO3.2Na.2H2O/c10-8(9(12)13)5-6-1-3-7(11)4-2-6;;;;/h1-4,8,11H,5,10H2,(H,12,13);;;2*1H2/q;2*+1;;/p-2/t8-;;;;/m1..../s1. The molecule has 0 heterocycles. The van der Waals surface area contributed by atoms with Gasteiger partial charge in [-0.05, 0) is 12.0 Å². The van der Waals surface area contributed by atoms with E-state index in [1.165, 1.54) is 12.1 Å². The zero-order valence-corrected chi connectivity index (χ0v) is 13.9.